The van der Waals surface area contributed by atoms with Crippen molar-refractivity contribution in [3.63, 3.8) is 0 Å². The SMILES string of the molecule is CCCCCCCCC/C=C/C(O)C(CO)NC(=O)CCCCCCCCCCCCCCCCCCC/C=C\CCCCCCCCCCCCCCCCCCCCOC(=O)CCCCCCCCCCCCCCC. The molecule has 0 fully saturated rings. The summed E-state index contributed by atoms with van der Waals surface area (Å²) in [6.07, 6.45) is 85.8. The third-order valence-corrected chi connectivity index (χ3v) is 16.7. The first-order chi connectivity index (χ1) is 38.5. The highest BCUT2D eigenvalue weighted by Gasteiger charge is 2.18. The molecule has 2 atom stereocenters. The second-order valence-corrected chi connectivity index (χ2v) is 24.6. The number of aliphatic hydroxyl groups excluding tert-OH is 2. The van der Waals surface area contributed by atoms with Crippen LogP contribution in [0.4, 0.5) is 0 Å². The van der Waals surface area contributed by atoms with Crippen LogP contribution in [0.1, 0.15) is 399 Å². The number of amides is 1. The molecule has 0 aliphatic rings. The number of allylic oxidation sites excluding steroid dienone is 3. The van der Waals surface area contributed by atoms with Gasteiger partial charge in [-0.05, 0) is 57.8 Å². The number of unbranched alkanes of at least 4 members (excludes halogenated alkanes) is 54. The van der Waals surface area contributed by atoms with E-state index in [4.69, 9.17) is 4.74 Å². The van der Waals surface area contributed by atoms with E-state index in [0.717, 1.165) is 38.5 Å². The Labute approximate surface area is 488 Å². The largest absolute Gasteiger partial charge is 0.466 e. The zero-order valence-corrected chi connectivity index (χ0v) is 52.9. The van der Waals surface area contributed by atoms with Crippen molar-refractivity contribution in [2.75, 3.05) is 13.2 Å². The number of esters is 1. The van der Waals surface area contributed by atoms with E-state index in [1.54, 1.807) is 6.08 Å². The van der Waals surface area contributed by atoms with Crippen LogP contribution in [0, 0.1) is 0 Å². The van der Waals surface area contributed by atoms with Crippen molar-refractivity contribution in [1.29, 1.82) is 0 Å². The number of ether oxygens (including phenoxy) is 1. The Hall–Kier alpha value is -1.66. The van der Waals surface area contributed by atoms with Crippen LogP contribution in [0.15, 0.2) is 24.3 Å². The van der Waals surface area contributed by atoms with E-state index < -0.39 is 12.1 Å². The van der Waals surface area contributed by atoms with Crippen LogP contribution in [0.5, 0.6) is 0 Å². The molecule has 6 heteroatoms. The normalized spacial score (nSPS) is 12.6. The van der Waals surface area contributed by atoms with Crippen LogP contribution in [0.2, 0.25) is 0 Å². The van der Waals surface area contributed by atoms with Gasteiger partial charge in [-0.1, -0.05) is 353 Å². The lowest BCUT2D eigenvalue weighted by Crippen LogP contribution is -2.45. The van der Waals surface area contributed by atoms with E-state index >= 15 is 0 Å². The van der Waals surface area contributed by atoms with E-state index in [9.17, 15) is 19.8 Å². The lowest BCUT2D eigenvalue weighted by atomic mass is 10.0. The van der Waals surface area contributed by atoms with Crippen LogP contribution in [-0.4, -0.2) is 47.4 Å². The maximum atomic E-state index is 12.4. The quantitative estimate of drug-likeness (QED) is 0.0320. The topological polar surface area (TPSA) is 95.9 Å². The Bertz CT molecular complexity index is 1220. The summed E-state index contributed by atoms with van der Waals surface area (Å²) in [6.45, 7) is 4.91. The highest BCUT2D eigenvalue weighted by Crippen LogP contribution is 2.19. The third kappa shape index (κ3) is 63.5. The van der Waals surface area contributed by atoms with Crippen molar-refractivity contribution in [3.05, 3.63) is 24.3 Å². The molecule has 0 aliphatic carbocycles. The van der Waals surface area contributed by atoms with Gasteiger partial charge in [-0.25, -0.2) is 0 Å². The summed E-state index contributed by atoms with van der Waals surface area (Å²) in [5.41, 5.74) is 0. The molecule has 2 unspecified atom stereocenters. The first kappa shape index (κ1) is 76.3. The molecule has 0 aromatic heterocycles. The van der Waals surface area contributed by atoms with Gasteiger partial charge in [-0.2, -0.15) is 0 Å². The van der Waals surface area contributed by atoms with Crippen LogP contribution in [0.25, 0.3) is 0 Å². The highest BCUT2D eigenvalue weighted by atomic mass is 16.5. The van der Waals surface area contributed by atoms with Gasteiger partial charge in [0.05, 0.1) is 25.4 Å². The van der Waals surface area contributed by atoms with Crippen LogP contribution >= 0.6 is 0 Å². The first-order valence-electron chi connectivity index (χ1n) is 35.6. The van der Waals surface area contributed by atoms with Gasteiger partial charge >= 0.3 is 5.97 Å². The summed E-state index contributed by atoms with van der Waals surface area (Å²) in [7, 11) is 0. The van der Waals surface area contributed by atoms with Crippen molar-refractivity contribution >= 4 is 11.9 Å². The highest BCUT2D eigenvalue weighted by molar-refractivity contribution is 5.76. The molecular formula is C72H139NO5. The monoisotopic (exact) mass is 1100 g/mol. The average Bonchev–Trinajstić information content (AvgIpc) is 3.44. The fraction of sp³-hybridized carbons (Fsp3) is 0.917. The van der Waals surface area contributed by atoms with Crippen molar-refractivity contribution in [1.82, 2.24) is 5.32 Å². The molecule has 0 saturated heterocycles. The van der Waals surface area contributed by atoms with Gasteiger partial charge in [-0.15, -0.1) is 0 Å². The summed E-state index contributed by atoms with van der Waals surface area (Å²) in [6, 6.07) is -0.622. The number of carbonyl (C=O) groups is 2. The van der Waals surface area contributed by atoms with Crippen molar-refractivity contribution in [2.45, 2.75) is 411 Å². The van der Waals surface area contributed by atoms with Crippen LogP contribution < -0.4 is 5.32 Å². The lowest BCUT2D eigenvalue weighted by molar-refractivity contribution is -0.143. The van der Waals surface area contributed by atoms with Crippen LogP contribution in [0.3, 0.4) is 0 Å². The second kappa shape index (κ2) is 67.8. The van der Waals surface area contributed by atoms with Crippen molar-refractivity contribution < 1.29 is 24.5 Å². The number of nitrogens with one attached hydrogen (secondary N) is 1. The molecule has 0 aromatic rings. The molecule has 0 rings (SSSR count). The number of rotatable bonds is 67. The van der Waals surface area contributed by atoms with E-state index in [0.29, 0.717) is 19.4 Å². The summed E-state index contributed by atoms with van der Waals surface area (Å²) in [4.78, 5) is 24.5. The Morgan fingerprint density at radius 2 is 0.603 bits per heavy atom. The van der Waals surface area contributed by atoms with Crippen molar-refractivity contribution in [2.24, 2.45) is 0 Å². The average molecular weight is 1100 g/mol. The Morgan fingerprint density at radius 3 is 0.910 bits per heavy atom. The fourth-order valence-electron chi connectivity index (χ4n) is 11.3. The van der Waals surface area contributed by atoms with Gasteiger partial charge in [0, 0.05) is 12.8 Å². The van der Waals surface area contributed by atoms with Gasteiger partial charge in [0.25, 0.3) is 0 Å². The zero-order chi connectivity index (χ0) is 56.4. The predicted octanol–water partition coefficient (Wildman–Crippen LogP) is 22.9. The molecule has 1 amide bonds. The molecular weight excluding hydrogens is 959 g/mol. The molecule has 78 heavy (non-hydrogen) atoms. The first-order valence-corrected chi connectivity index (χ1v) is 35.6. The summed E-state index contributed by atoms with van der Waals surface area (Å²) in [5.74, 6) is -0.0405. The number of carbonyl (C=O) groups excluding carboxylic acids is 2. The number of hydrogen-bond donors (Lipinski definition) is 3. The lowest BCUT2D eigenvalue weighted by Gasteiger charge is -2.20. The maximum Gasteiger partial charge on any atom is 0.305 e. The molecule has 3 N–H and O–H groups in total. The van der Waals surface area contributed by atoms with Gasteiger partial charge in [0.2, 0.25) is 5.91 Å². The molecule has 0 spiro atoms. The maximum absolute atomic E-state index is 12.4. The minimum atomic E-state index is -0.838. The second-order valence-electron chi connectivity index (χ2n) is 24.6. The van der Waals surface area contributed by atoms with E-state index in [-0.39, 0.29) is 18.5 Å². The van der Waals surface area contributed by atoms with E-state index in [1.807, 2.05) is 6.08 Å². The van der Waals surface area contributed by atoms with Gasteiger partial charge in [0.15, 0.2) is 0 Å². The molecule has 0 saturated carbocycles. The summed E-state index contributed by atoms with van der Waals surface area (Å²) >= 11 is 0. The predicted molar refractivity (Wildman–Crippen MR) is 343 cm³/mol. The van der Waals surface area contributed by atoms with Gasteiger partial charge < -0.3 is 20.3 Å². The Kier molecular flexibility index (Phi) is 66.4. The van der Waals surface area contributed by atoms with Gasteiger partial charge in [0.1, 0.15) is 0 Å². The minimum absolute atomic E-state index is 0.0243. The molecule has 0 aromatic carbocycles. The van der Waals surface area contributed by atoms with E-state index in [1.165, 1.54) is 334 Å². The summed E-state index contributed by atoms with van der Waals surface area (Å²) < 4.78 is 5.49. The molecule has 0 radical (unpaired) electrons. The molecule has 0 heterocycles. The standard InChI is InChI=1S/C72H139NO5/c1-3-5-7-9-11-13-14-42-46-50-54-58-62-66-72(77)78-67-63-59-55-51-47-44-41-39-37-35-33-31-29-27-25-23-21-19-17-15-16-18-20-22-24-26-28-30-32-34-36-38-40-43-45-49-53-57-61-65-71(76)73-69(68-74)70(75)64-60-56-52-48-12-10-8-6-4-2/h15-16,60,64,69-70,74-75H,3-14,17-59,61-63,65-68H2,1-2H3,(H,73,76)/b16-15-,64-60+. The Balaban J connectivity index is 3.29. The summed E-state index contributed by atoms with van der Waals surface area (Å²) in [5, 5.41) is 23.0. The molecule has 462 valence electrons. The van der Waals surface area contributed by atoms with Crippen LogP contribution in [-0.2, 0) is 14.3 Å². The van der Waals surface area contributed by atoms with Gasteiger partial charge in [-0.3, -0.25) is 9.59 Å². The minimum Gasteiger partial charge on any atom is -0.466 e. The third-order valence-electron chi connectivity index (χ3n) is 16.7. The van der Waals surface area contributed by atoms with Crippen molar-refractivity contribution in [3.8, 4) is 0 Å². The number of hydrogen-bond acceptors (Lipinski definition) is 5. The zero-order valence-electron chi connectivity index (χ0n) is 52.9. The van der Waals surface area contributed by atoms with E-state index in [2.05, 4.69) is 31.3 Å². The smallest absolute Gasteiger partial charge is 0.305 e. The number of aliphatic hydroxyl groups is 2. The molecule has 0 bridgehead atoms. The molecule has 0 aliphatic heterocycles. The molecule has 6 nitrogen and oxygen atoms in total. The fourth-order valence-corrected chi connectivity index (χ4v) is 11.3. The Morgan fingerprint density at radius 1 is 0.346 bits per heavy atom.